The van der Waals surface area contributed by atoms with Crippen molar-refractivity contribution in [2.24, 2.45) is 0 Å². The van der Waals surface area contributed by atoms with Crippen LogP contribution in [0.25, 0.3) is 0 Å². The lowest BCUT2D eigenvalue weighted by Gasteiger charge is -2.39. The van der Waals surface area contributed by atoms with Crippen molar-refractivity contribution in [3.8, 4) is 0 Å². The van der Waals surface area contributed by atoms with Crippen LogP contribution in [0, 0.1) is 0 Å². The number of benzene rings is 1. The van der Waals surface area contributed by atoms with Crippen LogP contribution in [0.2, 0.25) is 0 Å². The zero-order chi connectivity index (χ0) is 19.9. The number of thioether (sulfide) groups is 1. The monoisotopic (exact) mass is 402 g/mol. The molecule has 1 aliphatic rings. The predicted octanol–water partition coefficient (Wildman–Crippen LogP) is 3.40. The van der Waals surface area contributed by atoms with Gasteiger partial charge in [0.05, 0.1) is 12.4 Å². The number of rotatable bonds is 8. The van der Waals surface area contributed by atoms with Crippen LogP contribution in [-0.2, 0) is 22.5 Å². The first-order valence-corrected chi connectivity index (χ1v) is 11.0. The number of ether oxygens (including phenoxy) is 1. The summed E-state index contributed by atoms with van der Waals surface area (Å²) in [6, 6.07) is 10.9. The second-order valence-electron chi connectivity index (χ2n) is 7.42. The summed E-state index contributed by atoms with van der Waals surface area (Å²) in [7, 11) is 1.69. The number of hydrogen-bond acceptors (Lipinski definition) is 5. The third-order valence-corrected chi connectivity index (χ3v) is 6.28. The average Bonchev–Trinajstić information content (AvgIpc) is 3.06. The minimum Gasteiger partial charge on any atom is -0.383 e. The Kier molecular flexibility index (Phi) is 7.50. The third-order valence-electron chi connectivity index (χ3n) is 5.32. The summed E-state index contributed by atoms with van der Waals surface area (Å²) in [5.74, 6) is 1.49. The summed E-state index contributed by atoms with van der Waals surface area (Å²) >= 11 is 1.48. The van der Waals surface area contributed by atoms with Crippen molar-refractivity contribution in [2.75, 3.05) is 19.5 Å². The van der Waals surface area contributed by atoms with Gasteiger partial charge >= 0.3 is 0 Å². The molecule has 1 saturated heterocycles. The molecule has 0 bridgehead atoms. The summed E-state index contributed by atoms with van der Waals surface area (Å²) in [4.78, 5) is 14.9. The molecule has 0 aliphatic carbocycles. The van der Waals surface area contributed by atoms with Gasteiger partial charge in [-0.15, -0.1) is 10.2 Å². The van der Waals surface area contributed by atoms with Crippen LogP contribution in [0.15, 0.2) is 35.5 Å². The topological polar surface area (TPSA) is 60.2 Å². The first kappa shape index (κ1) is 20.9. The molecule has 1 aromatic carbocycles. The summed E-state index contributed by atoms with van der Waals surface area (Å²) in [5.41, 5.74) is 1.19. The van der Waals surface area contributed by atoms with Gasteiger partial charge < -0.3 is 14.2 Å². The zero-order valence-electron chi connectivity index (χ0n) is 17.0. The van der Waals surface area contributed by atoms with Crippen LogP contribution in [-0.4, -0.2) is 57.1 Å². The summed E-state index contributed by atoms with van der Waals surface area (Å²) < 4.78 is 7.34. The number of piperidine rings is 1. The number of methoxy groups -OCH3 is 1. The molecule has 1 amide bonds. The quantitative estimate of drug-likeness (QED) is 0.634. The van der Waals surface area contributed by atoms with Crippen LogP contribution in [0.1, 0.15) is 44.5 Å². The molecule has 2 heterocycles. The first-order chi connectivity index (χ1) is 13.6. The maximum Gasteiger partial charge on any atom is 0.233 e. The summed E-state index contributed by atoms with van der Waals surface area (Å²) in [6.45, 7) is 5.56. The van der Waals surface area contributed by atoms with Gasteiger partial charge in [-0.05, 0) is 38.7 Å². The third kappa shape index (κ3) is 5.14. The maximum absolute atomic E-state index is 12.8. The van der Waals surface area contributed by atoms with Crippen LogP contribution >= 0.6 is 11.8 Å². The van der Waals surface area contributed by atoms with Gasteiger partial charge in [-0.25, -0.2) is 0 Å². The number of amides is 1. The normalized spacial score (nSPS) is 19.8. The van der Waals surface area contributed by atoms with E-state index in [0.717, 1.165) is 23.8 Å². The molecule has 2 aromatic rings. The molecular weight excluding hydrogens is 372 g/mol. The van der Waals surface area contributed by atoms with Gasteiger partial charge in [0, 0.05) is 32.2 Å². The van der Waals surface area contributed by atoms with Crippen LogP contribution in [0.5, 0.6) is 0 Å². The molecule has 2 atom stereocenters. The Bertz CT molecular complexity index is 755. The van der Waals surface area contributed by atoms with E-state index in [2.05, 4.69) is 45.6 Å². The van der Waals surface area contributed by atoms with Crippen molar-refractivity contribution in [1.82, 2.24) is 19.7 Å². The molecule has 0 radical (unpaired) electrons. The van der Waals surface area contributed by atoms with Crippen molar-refractivity contribution in [1.29, 1.82) is 0 Å². The Morgan fingerprint density at radius 2 is 1.89 bits per heavy atom. The first-order valence-electron chi connectivity index (χ1n) is 9.99. The molecule has 0 N–H and O–H groups in total. The van der Waals surface area contributed by atoms with E-state index in [4.69, 9.17) is 4.74 Å². The summed E-state index contributed by atoms with van der Waals surface area (Å²) in [6.07, 6.45) is 4.09. The van der Waals surface area contributed by atoms with Crippen molar-refractivity contribution in [2.45, 2.75) is 63.3 Å². The van der Waals surface area contributed by atoms with Gasteiger partial charge in [0.15, 0.2) is 5.16 Å². The van der Waals surface area contributed by atoms with Gasteiger partial charge in [-0.1, -0.05) is 42.1 Å². The van der Waals surface area contributed by atoms with E-state index >= 15 is 0 Å². The standard InChI is InChI=1S/C21H30N4O2S/c1-16-8-7-9-17(2)25(16)20(26)15-28-21-23-22-19(24(21)12-13-27-3)14-18-10-5-4-6-11-18/h4-6,10-11,16-17H,7-9,12-15H2,1-3H3/t16-,17-/m1/s1. The van der Waals surface area contributed by atoms with Gasteiger partial charge in [0.2, 0.25) is 5.91 Å². The van der Waals surface area contributed by atoms with Gasteiger partial charge in [0.1, 0.15) is 5.82 Å². The summed E-state index contributed by atoms with van der Waals surface area (Å²) in [5, 5.41) is 9.55. The van der Waals surface area contributed by atoms with Crippen LogP contribution in [0.3, 0.4) is 0 Å². The predicted molar refractivity (Wildman–Crippen MR) is 111 cm³/mol. The number of aromatic nitrogens is 3. The van der Waals surface area contributed by atoms with Crippen molar-refractivity contribution in [3.63, 3.8) is 0 Å². The second kappa shape index (κ2) is 10.1. The molecule has 0 saturated carbocycles. The van der Waals surface area contributed by atoms with Crippen molar-refractivity contribution in [3.05, 3.63) is 41.7 Å². The van der Waals surface area contributed by atoms with E-state index in [1.54, 1.807) is 7.11 Å². The number of nitrogens with zero attached hydrogens (tertiary/aromatic N) is 4. The Morgan fingerprint density at radius 1 is 1.18 bits per heavy atom. The lowest BCUT2D eigenvalue weighted by atomic mass is 9.98. The number of carbonyl (C=O) groups is 1. The van der Waals surface area contributed by atoms with Crippen LogP contribution in [0.4, 0.5) is 0 Å². The fourth-order valence-corrected chi connectivity index (χ4v) is 4.71. The molecular formula is C21H30N4O2S. The van der Waals surface area contributed by atoms with E-state index in [0.29, 0.717) is 37.4 Å². The molecule has 1 aliphatic heterocycles. The highest BCUT2D eigenvalue weighted by Crippen LogP contribution is 2.25. The minimum absolute atomic E-state index is 0.190. The molecule has 0 unspecified atom stereocenters. The van der Waals surface area contributed by atoms with E-state index in [-0.39, 0.29) is 5.91 Å². The van der Waals surface area contributed by atoms with E-state index in [1.165, 1.54) is 23.7 Å². The number of likely N-dealkylation sites (tertiary alicyclic amines) is 1. The average molecular weight is 403 g/mol. The molecule has 1 aromatic heterocycles. The Balaban J connectivity index is 1.69. The maximum atomic E-state index is 12.8. The molecule has 0 spiro atoms. The van der Waals surface area contributed by atoms with Crippen molar-refractivity contribution >= 4 is 17.7 Å². The molecule has 1 fully saturated rings. The van der Waals surface area contributed by atoms with Crippen LogP contribution < -0.4 is 0 Å². The highest BCUT2D eigenvalue weighted by molar-refractivity contribution is 7.99. The SMILES string of the molecule is COCCn1c(Cc2ccccc2)nnc1SCC(=O)N1[C@H](C)CCC[C@H]1C. The minimum atomic E-state index is 0.190. The van der Waals surface area contributed by atoms with Gasteiger partial charge in [0.25, 0.3) is 0 Å². The van der Waals surface area contributed by atoms with Gasteiger partial charge in [-0.2, -0.15) is 0 Å². The van der Waals surface area contributed by atoms with E-state index < -0.39 is 0 Å². The van der Waals surface area contributed by atoms with E-state index in [9.17, 15) is 4.79 Å². The highest BCUT2D eigenvalue weighted by atomic mass is 32.2. The molecule has 3 rings (SSSR count). The lowest BCUT2D eigenvalue weighted by Crippen LogP contribution is -2.48. The molecule has 28 heavy (non-hydrogen) atoms. The zero-order valence-corrected chi connectivity index (χ0v) is 17.8. The highest BCUT2D eigenvalue weighted by Gasteiger charge is 2.29. The fourth-order valence-electron chi connectivity index (χ4n) is 3.86. The number of hydrogen-bond donors (Lipinski definition) is 0. The smallest absolute Gasteiger partial charge is 0.233 e. The Morgan fingerprint density at radius 3 is 2.57 bits per heavy atom. The number of carbonyl (C=O) groups excluding carboxylic acids is 1. The Hall–Kier alpha value is -1.86. The largest absolute Gasteiger partial charge is 0.383 e. The lowest BCUT2D eigenvalue weighted by molar-refractivity contribution is -0.134. The molecule has 7 heteroatoms. The Labute approximate surface area is 171 Å². The molecule has 152 valence electrons. The van der Waals surface area contributed by atoms with Crippen molar-refractivity contribution < 1.29 is 9.53 Å². The van der Waals surface area contributed by atoms with Gasteiger partial charge in [-0.3, -0.25) is 4.79 Å². The van der Waals surface area contributed by atoms with E-state index in [1.807, 2.05) is 18.2 Å². The molecule has 6 nitrogen and oxygen atoms in total. The fraction of sp³-hybridized carbons (Fsp3) is 0.571. The second-order valence-corrected chi connectivity index (χ2v) is 8.37.